The Bertz CT molecular complexity index is 765. The molecule has 0 saturated carbocycles. The molecule has 6 heteroatoms. The van der Waals surface area contributed by atoms with Gasteiger partial charge in [0.2, 0.25) is 0 Å². The molecule has 0 unspecified atom stereocenters. The van der Waals surface area contributed by atoms with Gasteiger partial charge in [0.1, 0.15) is 11.3 Å². The van der Waals surface area contributed by atoms with Gasteiger partial charge >= 0.3 is 0 Å². The number of thiophene rings is 1. The first-order valence-electron chi connectivity index (χ1n) is 6.84. The van der Waals surface area contributed by atoms with Gasteiger partial charge in [-0.3, -0.25) is 0 Å². The van der Waals surface area contributed by atoms with Crippen molar-refractivity contribution in [2.45, 2.75) is 26.3 Å². The van der Waals surface area contributed by atoms with E-state index in [9.17, 15) is 0 Å². The molecule has 0 radical (unpaired) electrons. The van der Waals surface area contributed by atoms with Crippen LogP contribution in [0.15, 0.2) is 28.2 Å². The Morgan fingerprint density at radius 3 is 3.05 bits per heavy atom. The highest BCUT2D eigenvalue weighted by Crippen LogP contribution is 2.24. The number of nitrogens with zero attached hydrogens (tertiary/aromatic N) is 3. The van der Waals surface area contributed by atoms with Crippen molar-refractivity contribution < 1.29 is 0 Å². The topological polar surface area (TPSA) is 30.7 Å². The number of fused-ring (bicyclic) bond motifs is 1. The predicted molar refractivity (Wildman–Crippen MR) is 92.5 cm³/mol. The standard InChI is InChI=1S/C15H15BrClN3S/c1-2-10-4-6-21-13(10)9-20-14(3-5-17)19-12-7-11(16)8-18-15(12)20/h4,6-8H,2-3,5,9H2,1H3. The van der Waals surface area contributed by atoms with E-state index in [0.717, 1.165) is 40.8 Å². The first-order chi connectivity index (χ1) is 10.2. The first-order valence-corrected chi connectivity index (χ1v) is 9.05. The van der Waals surface area contributed by atoms with Gasteiger partial charge in [0.15, 0.2) is 5.65 Å². The lowest BCUT2D eigenvalue weighted by atomic mass is 10.2. The average Bonchev–Trinajstić information content (AvgIpc) is 3.04. The summed E-state index contributed by atoms with van der Waals surface area (Å²) >= 11 is 11.2. The molecule has 0 saturated heterocycles. The van der Waals surface area contributed by atoms with Crippen LogP contribution in [-0.2, 0) is 19.4 Å². The van der Waals surface area contributed by atoms with Crippen LogP contribution in [0.25, 0.3) is 11.2 Å². The molecule has 0 spiro atoms. The summed E-state index contributed by atoms with van der Waals surface area (Å²) in [6.45, 7) is 3.00. The molecule has 3 heterocycles. The van der Waals surface area contributed by atoms with E-state index in [1.54, 1.807) is 11.3 Å². The molecule has 0 aliphatic heterocycles. The van der Waals surface area contributed by atoms with E-state index < -0.39 is 0 Å². The van der Waals surface area contributed by atoms with Gasteiger partial charge in [0, 0.05) is 27.8 Å². The molecule has 0 aliphatic carbocycles. The number of hydrogen-bond acceptors (Lipinski definition) is 3. The van der Waals surface area contributed by atoms with Crippen LogP contribution >= 0.6 is 38.9 Å². The van der Waals surface area contributed by atoms with Crippen molar-refractivity contribution >= 4 is 50.0 Å². The lowest BCUT2D eigenvalue weighted by Crippen LogP contribution is -2.06. The minimum atomic E-state index is 0.565. The number of rotatable bonds is 5. The maximum Gasteiger partial charge on any atom is 0.160 e. The summed E-state index contributed by atoms with van der Waals surface area (Å²) in [6.07, 6.45) is 3.62. The third kappa shape index (κ3) is 3.00. The number of imidazole rings is 1. The molecule has 0 aliphatic rings. The molecule has 0 amide bonds. The third-order valence-electron chi connectivity index (χ3n) is 3.47. The van der Waals surface area contributed by atoms with Crippen LogP contribution in [-0.4, -0.2) is 20.4 Å². The van der Waals surface area contributed by atoms with Gasteiger partial charge in [-0.15, -0.1) is 22.9 Å². The van der Waals surface area contributed by atoms with Crippen molar-refractivity contribution in [2.24, 2.45) is 0 Å². The Labute approximate surface area is 141 Å². The lowest BCUT2D eigenvalue weighted by Gasteiger charge is -2.08. The second-order valence-corrected chi connectivity index (χ2v) is 7.07. The minimum absolute atomic E-state index is 0.565. The number of hydrogen-bond donors (Lipinski definition) is 0. The first kappa shape index (κ1) is 15.0. The van der Waals surface area contributed by atoms with Crippen molar-refractivity contribution in [2.75, 3.05) is 5.88 Å². The van der Waals surface area contributed by atoms with E-state index in [2.05, 4.69) is 48.8 Å². The number of alkyl halides is 1. The van der Waals surface area contributed by atoms with Crippen molar-refractivity contribution in [1.82, 2.24) is 14.5 Å². The quantitative estimate of drug-likeness (QED) is 0.600. The molecule has 3 nitrogen and oxygen atoms in total. The third-order valence-corrected chi connectivity index (χ3v) is 5.04. The minimum Gasteiger partial charge on any atom is -0.307 e. The fraction of sp³-hybridized carbons (Fsp3) is 0.333. The van der Waals surface area contributed by atoms with Crippen LogP contribution in [0.5, 0.6) is 0 Å². The van der Waals surface area contributed by atoms with Gasteiger partial charge < -0.3 is 4.57 Å². The molecular weight excluding hydrogens is 370 g/mol. The molecular formula is C15H15BrClN3S. The summed E-state index contributed by atoms with van der Waals surface area (Å²) in [5, 5.41) is 2.15. The molecule has 0 fully saturated rings. The zero-order chi connectivity index (χ0) is 14.8. The number of aromatic nitrogens is 3. The summed E-state index contributed by atoms with van der Waals surface area (Å²) in [5.41, 5.74) is 3.24. The summed E-state index contributed by atoms with van der Waals surface area (Å²) in [7, 11) is 0. The molecule has 110 valence electrons. The highest BCUT2D eigenvalue weighted by Gasteiger charge is 2.14. The number of halogens is 2. The highest BCUT2D eigenvalue weighted by atomic mass is 79.9. The maximum atomic E-state index is 5.93. The molecule has 0 N–H and O–H groups in total. The van der Waals surface area contributed by atoms with Crippen LogP contribution in [0.2, 0.25) is 0 Å². The van der Waals surface area contributed by atoms with Gasteiger partial charge in [0.05, 0.1) is 6.54 Å². The molecule has 0 aromatic carbocycles. The van der Waals surface area contributed by atoms with E-state index in [0.29, 0.717) is 5.88 Å². The Balaban J connectivity index is 2.08. The van der Waals surface area contributed by atoms with E-state index in [1.165, 1.54) is 10.4 Å². The fourth-order valence-corrected chi connectivity index (χ4v) is 3.89. The van der Waals surface area contributed by atoms with Crippen LogP contribution in [0, 0.1) is 0 Å². The number of pyridine rings is 1. The van der Waals surface area contributed by atoms with Gasteiger partial charge in [-0.2, -0.15) is 0 Å². The SMILES string of the molecule is CCc1ccsc1Cn1c(CCCl)nc2cc(Br)cnc21. The summed E-state index contributed by atoms with van der Waals surface area (Å²) in [6, 6.07) is 4.20. The number of aryl methyl sites for hydroxylation is 2. The van der Waals surface area contributed by atoms with Crippen molar-refractivity contribution in [3.63, 3.8) is 0 Å². The molecule has 3 aromatic rings. The molecule has 3 rings (SSSR count). The van der Waals surface area contributed by atoms with Gasteiger partial charge in [-0.25, -0.2) is 9.97 Å². The van der Waals surface area contributed by atoms with Crippen molar-refractivity contribution in [3.8, 4) is 0 Å². The van der Waals surface area contributed by atoms with Crippen molar-refractivity contribution in [1.29, 1.82) is 0 Å². The second kappa shape index (κ2) is 6.46. The summed E-state index contributed by atoms with van der Waals surface area (Å²) < 4.78 is 3.14. The van der Waals surface area contributed by atoms with E-state index in [4.69, 9.17) is 11.6 Å². The van der Waals surface area contributed by atoms with E-state index in [-0.39, 0.29) is 0 Å². The van der Waals surface area contributed by atoms with Crippen molar-refractivity contribution in [3.05, 3.63) is 44.4 Å². The zero-order valence-electron chi connectivity index (χ0n) is 11.6. The smallest absolute Gasteiger partial charge is 0.160 e. The molecule has 3 aromatic heterocycles. The zero-order valence-corrected chi connectivity index (χ0v) is 14.8. The predicted octanol–water partition coefficient (Wildman–Crippen LogP) is 4.65. The van der Waals surface area contributed by atoms with Gasteiger partial charge in [-0.05, 0) is 45.4 Å². The molecule has 21 heavy (non-hydrogen) atoms. The van der Waals surface area contributed by atoms with E-state index in [1.807, 2.05) is 12.3 Å². The summed E-state index contributed by atoms with van der Waals surface area (Å²) in [4.78, 5) is 10.6. The largest absolute Gasteiger partial charge is 0.307 e. The highest BCUT2D eigenvalue weighted by molar-refractivity contribution is 9.10. The van der Waals surface area contributed by atoms with Crippen LogP contribution in [0.4, 0.5) is 0 Å². The van der Waals surface area contributed by atoms with E-state index >= 15 is 0 Å². The lowest BCUT2D eigenvalue weighted by molar-refractivity contribution is 0.751. The second-order valence-electron chi connectivity index (χ2n) is 4.77. The van der Waals surface area contributed by atoms with Crippen LogP contribution < -0.4 is 0 Å². The monoisotopic (exact) mass is 383 g/mol. The fourth-order valence-electron chi connectivity index (χ4n) is 2.44. The molecule has 0 bridgehead atoms. The average molecular weight is 385 g/mol. The maximum absolute atomic E-state index is 5.93. The Hall–Kier alpha value is -0.910. The van der Waals surface area contributed by atoms with Gasteiger partial charge in [-0.1, -0.05) is 6.92 Å². The van der Waals surface area contributed by atoms with Crippen LogP contribution in [0.1, 0.15) is 23.2 Å². The Kier molecular flexibility index (Phi) is 4.62. The van der Waals surface area contributed by atoms with Gasteiger partial charge in [0.25, 0.3) is 0 Å². The van der Waals surface area contributed by atoms with Crippen LogP contribution in [0.3, 0.4) is 0 Å². The normalized spacial score (nSPS) is 11.4. The Morgan fingerprint density at radius 2 is 2.29 bits per heavy atom. The summed E-state index contributed by atoms with van der Waals surface area (Å²) in [5.74, 6) is 1.57. The Morgan fingerprint density at radius 1 is 1.43 bits per heavy atom. The molecule has 0 atom stereocenters.